The van der Waals surface area contributed by atoms with E-state index in [9.17, 15) is 0 Å². The van der Waals surface area contributed by atoms with Gasteiger partial charge < -0.3 is 0 Å². The maximum absolute atomic E-state index is 4.82. The monoisotopic (exact) mass is 335 g/mol. The zero-order chi connectivity index (χ0) is 17.5. The van der Waals surface area contributed by atoms with Crippen LogP contribution in [0.2, 0.25) is 0 Å². The van der Waals surface area contributed by atoms with Crippen molar-refractivity contribution in [3.8, 4) is 11.1 Å². The number of benzene rings is 1. The molecule has 0 amide bonds. The molecule has 3 rings (SSSR count). The van der Waals surface area contributed by atoms with Crippen molar-refractivity contribution in [1.29, 1.82) is 0 Å². The van der Waals surface area contributed by atoms with E-state index < -0.39 is 0 Å². The van der Waals surface area contributed by atoms with E-state index in [1.807, 2.05) is 0 Å². The van der Waals surface area contributed by atoms with Crippen LogP contribution in [0.25, 0.3) is 11.1 Å². The fourth-order valence-electron chi connectivity index (χ4n) is 4.18. The summed E-state index contributed by atoms with van der Waals surface area (Å²) < 4.78 is 0. The van der Waals surface area contributed by atoms with Crippen LogP contribution < -0.4 is 0 Å². The molecule has 1 nitrogen and oxygen atoms in total. The molecule has 1 fully saturated rings. The molecule has 0 radical (unpaired) electrons. The van der Waals surface area contributed by atoms with Crippen LogP contribution >= 0.6 is 0 Å². The Morgan fingerprint density at radius 1 is 0.840 bits per heavy atom. The first-order valence-electron chi connectivity index (χ1n) is 10.4. The fraction of sp³-hybridized carbons (Fsp3) is 0.542. The molecule has 25 heavy (non-hydrogen) atoms. The molecule has 0 N–H and O–H groups in total. The van der Waals surface area contributed by atoms with E-state index in [0.717, 1.165) is 12.3 Å². The molecule has 0 atom stereocenters. The highest BCUT2D eigenvalue weighted by molar-refractivity contribution is 5.62. The molecule has 134 valence electrons. The third kappa shape index (κ3) is 4.93. The van der Waals surface area contributed by atoms with Crippen LogP contribution in [0.4, 0.5) is 0 Å². The number of nitrogens with zero attached hydrogens (tertiary/aromatic N) is 1. The molecule has 0 saturated heterocycles. The van der Waals surface area contributed by atoms with Crippen LogP contribution in [-0.2, 0) is 6.42 Å². The number of hydrogen-bond donors (Lipinski definition) is 0. The lowest BCUT2D eigenvalue weighted by Crippen LogP contribution is -2.14. The number of aromatic nitrogens is 1. The van der Waals surface area contributed by atoms with Gasteiger partial charge in [0.1, 0.15) is 0 Å². The van der Waals surface area contributed by atoms with Crippen LogP contribution in [0.5, 0.6) is 0 Å². The normalized spacial score (nSPS) is 20.6. The Kier molecular flexibility index (Phi) is 6.67. The Morgan fingerprint density at radius 3 is 2.16 bits per heavy atom. The Hall–Kier alpha value is -1.63. The summed E-state index contributed by atoms with van der Waals surface area (Å²) in [4.78, 5) is 4.82. The minimum atomic E-state index is 0.680. The largest absolute Gasteiger partial charge is 0.260 e. The van der Waals surface area contributed by atoms with E-state index in [2.05, 4.69) is 56.4 Å². The van der Waals surface area contributed by atoms with Crippen LogP contribution in [-0.4, -0.2) is 4.98 Å². The summed E-state index contributed by atoms with van der Waals surface area (Å²) in [6, 6.07) is 13.4. The van der Waals surface area contributed by atoms with Gasteiger partial charge in [0, 0.05) is 23.4 Å². The Labute approximate surface area is 153 Å². The maximum atomic E-state index is 4.82. The van der Waals surface area contributed by atoms with Gasteiger partial charge in [-0.3, -0.25) is 4.98 Å². The Bertz CT molecular complexity index is 618. The lowest BCUT2D eigenvalue weighted by Gasteiger charge is -2.28. The average molecular weight is 336 g/mol. The van der Waals surface area contributed by atoms with Crippen LogP contribution in [0.3, 0.4) is 0 Å². The van der Waals surface area contributed by atoms with Gasteiger partial charge in [-0.1, -0.05) is 69.9 Å². The number of aryl methyl sites for hydroxylation is 1. The standard InChI is InChI=1S/C24H33N/c1-3-5-6-7-20-10-14-22(15-11-20)24-17-16-23(18-25-24)21-12-8-19(4-2)9-13-21/h8-9,12-13,16-18,20,22H,3-7,10-11,14-15H2,1-2H3/t20-,22-. The first-order valence-corrected chi connectivity index (χ1v) is 10.4. The number of unbranched alkanes of at least 4 members (excludes halogenated alkanes) is 2. The van der Waals surface area contributed by atoms with Gasteiger partial charge in [0.25, 0.3) is 0 Å². The molecule has 0 unspecified atom stereocenters. The van der Waals surface area contributed by atoms with Crippen molar-refractivity contribution in [2.75, 3.05) is 0 Å². The molecular weight excluding hydrogens is 302 g/mol. The van der Waals surface area contributed by atoms with Crippen molar-refractivity contribution in [2.24, 2.45) is 5.92 Å². The molecular formula is C24H33N. The minimum absolute atomic E-state index is 0.680. The summed E-state index contributed by atoms with van der Waals surface area (Å²) >= 11 is 0. The average Bonchev–Trinajstić information content (AvgIpc) is 2.69. The molecule has 1 aliphatic carbocycles. The van der Waals surface area contributed by atoms with E-state index in [1.54, 1.807) is 0 Å². The highest BCUT2D eigenvalue weighted by atomic mass is 14.7. The lowest BCUT2D eigenvalue weighted by molar-refractivity contribution is 0.300. The molecule has 1 heteroatoms. The zero-order valence-corrected chi connectivity index (χ0v) is 16.0. The second-order valence-electron chi connectivity index (χ2n) is 7.74. The third-order valence-electron chi connectivity index (χ3n) is 5.96. The lowest BCUT2D eigenvalue weighted by atomic mass is 9.78. The topological polar surface area (TPSA) is 12.9 Å². The number of pyridine rings is 1. The molecule has 1 aliphatic rings. The van der Waals surface area contributed by atoms with E-state index in [-0.39, 0.29) is 0 Å². The second-order valence-corrected chi connectivity index (χ2v) is 7.74. The third-order valence-corrected chi connectivity index (χ3v) is 5.96. The first-order chi connectivity index (χ1) is 12.3. The maximum Gasteiger partial charge on any atom is 0.0434 e. The van der Waals surface area contributed by atoms with Gasteiger partial charge in [-0.15, -0.1) is 0 Å². The van der Waals surface area contributed by atoms with E-state index in [1.165, 1.54) is 73.8 Å². The molecule has 1 aromatic heterocycles. The molecule has 0 spiro atoms. The van der Waals surface area contributed by atoms with Gasteiger partial charge >= 0.3 is 0 Å². The molecule has 1 heterocycles. The van der Waals surface area contributed by atoms with Crippen molar-refractivity contribution >= 4 is 0 Å². The number of rotatable bonds is 7. The van der Waals surface area contributed by atoms with Gasteiger partial charge in [-0.25, -0.2) is 0 Å². The van der Waals surface area contributed by atoms with Gasteiger partial charge in [0.2, 0.25) is 0 Å². The van der Waals surface area contributed by atoms with Crippen molar-refractivity contribution in [3.05, 3.63) is 53.9 Å². The highest BCUT2D eigenvalue weighted by Gasteiger charge is 2.22. The fourth-order valence-corrected chi connectivity index (χ4v) is 4.18. The Balaban J connectivity index is 1.56. The molecule has 0 bridgehead atoms. The molecule has 0 aliphatic heterocycles. The van der Waals surface area contributed by atoms with Crippen LogP contribution in [0, 0.1) is 5.92 Å². The molecule has 1 aromatic carbocycles. The van der Waals surface area contributed by atoms with E-state index >= 15 is 0 Å². The van der Waals surface area contributed by atoms with Crippen LogP contribution in [0.15, 0.2) is 42.6 Å². The number of hydrogen-bond acceptors (Lipinski definition) is 1. The van der Waals surface area contributed by atoms with Crippen molar-refractivity contribution < 1.29 is 0 Å². The quantitative estimate of drug-likeness (QED) is 0.489. The minimum Gasteiger partial charge on any atom is -0.260 e. The summed E-state index contributed by atoms with van der Waals surface area (Å²) in [5.74, 6) is 1.65. The van der Waals surface area contributed by atoms with Crippen molar-refractivity contribution in [1.82, 2.24) is 4.98 Å². The first kappa shape index (κ1) is 18.2. The second kappa shape index (κ2) is 9.17. The van der Waals surface area contributed by atoms with Crippen molar-refractivity contribution in [3.63, 3.8) is 0 Å². The van der Waals surface area contributed by atoms with E-state index in [0.29, 0.717) is 5.92 Å². The smallest absolute Gasteiger partial charge is 0.0434 e. The SMILES string of the molecule is CCCCC[C@H]1CC[C@H](c2ccc(-c3ccc(CC)cc3)cn2)CC1. The van der Waals surface area contributed by atoms with Gasteiger partial charge in [-0.05, 0) is 55.2 Å². The van der Waals surface area contributed by atoms with Crippen molar-refractivity contribution in [2.45, 2.75) is 77.6 Å². The molecule has 1 saturated carbocycles. The summed E-state index contributed by atoms with van der Waals surface area (Å²) in [5, 5.41) is 0. The zero-order valence-electron chi connectivity index (χ0n) is 16.0. The predicted molar refractivity (Wildman–Crippen MR) is 108 cm³/mol. The van der Waals surface area contributed by atoms with Gasteiger partial charge in [0.15, 0.2) is 0 Å². The van der Waals surface area contributed by atoms with Gasteiger partial charge in [-0.2, -0.15) is 0 Å². The molecule has 2 aromatic rings. The summed E-state index contributed by atoms with van der Waals surface area (Å²) in [5.41, 5.74) is 5.21. The Morgan fingerprint density at radius 2 is 1.56 bits per heavy atom. The predicted octanol–water partition coefficient (Wildman–Crippen LogP) is 7.17. The van der Waals surface area contributed by atoms with Crippen LogP contribution in [0.1, 0.15) is 82.4 Å². The van der Waals surface area contributed by atoms with Gasteiger partial charge in [0.05, 0.1) is 0 Å². The summed E-state index contributed by atoms with van der Waals surface area (Å²) in [6.07, 6.45) is 14.2. The highest BCUT2D eigenvalue weighted by Crippen LogP contribution is 2.37. The summed E-state index contributed by atoms with van der Waals surface area (Å²) in [6.45, 7) is 4.49. The summed E-state index contributed by atoms with van der Waals surface area (Å²) in [7, 11) is 0. The van der Waals surface area contributed by atoms with E-state index in [4.69, 9.17) is 4.98 Å².